The van der Waals surface area contributed by atoms with Gasteiger partial charge < -0.3 is 53.3 Å². The van der Waals surface area contributed by atoms with Crippen LogP contribution in [0.25, 0.3) is 0 Å². The number of halogens is 1. The first-order valence-electron chi connectivity index (χ1n) is 17.1. The van der Waals surface area contributed by atoms with Crippen LogP contribution >= 0.6 is 15.9 Å². The van der Waals surface area contributed by atoms with Crippen LogP contribution in [0.3, 0.4) is 0 Å². The predicted octanol–water partition coefficient (Wildman–Crippen LogP) is 1.88. The third-order valence-corrected chi connectivity index (χ3v) is 7.18. The fraction of sp³-hybridized carbons (Fsp3) is 0.647. The second kappa shape index (κ2) is 30.5. The number of hydrogen-bond acceptors (Lipinski definition) is 13. The molecule has 4 amide bonds. The number of amides is 4. The number of carbonyl (C=O) groups is 4. The maximum absolute atomic E-state index is 11.8. The molecule has 1 aliphatic heterocycles. The molecule has 1 aromatic carbocycles. The summed E-state index contributed by atoms with van der Waals surface area (Å²) in [5.41, 5.74) is 0. The number of ether oxygens (including phenoxy) is 9. The summed E-state index contributed by atoms with van der Waals surface area (Å²) in [6, 6.07) is 7.65. The summed E-state index contributed by atoms with van der Waals surface area (Å²) >= 11 is 3.39. The Morgan fingerprint density at radius 2 is 1.04 bits per heavy atom. The van der Waals surface area contributed by atoms with Gasteiger partial charge in [-0.05, 0) is 37.1 Å². The van der Waals surface area contributed by atoms with Gasteiger partial charge in [-0.25, -0.2) is 4.79 Å². The maximum Gasteiger partial charge on any atom is 0.407 e. The van der Waals surface area contributed by atoms with Gasteiger partial charge in [0.25, 0.3) is 11.8 Å². The smallest absolute Gasteiger partial charge is 0.407 e. The van der Waals surface area contributed by atoms with Crippen LogP contribution in [0.2, 0.25) is 0 Å². The van der Waals surface area contributed by atoms with Crippen LogP contribution in [-0.4, -0.2) is 154 Å². The highest BCUT2D eigenvalue weighted by molar-refractivity contribution is 9.10. The molecule has 0 bridgehead atoms. The van der Waals surface area contributed by atoms with Gasteiger partial charge in [0, 0.05) is 42.7 Å². The average Bonchev–Trinajstić information content (AvgIpc) is 3.45. The van der Waals surface area contributed by atoms with Crippen LogP contribution in [0.15, 0.2) is 40.9 Å². The van der Waals surface area contributed by atoms with Crippen molar-refractivity contribution < 1.29 is 61.8 Å². The molecule has 16 nitrogen and oxygen atoms in total. The lowest BCUT2D eigenvalue weighted by Gasteiger charge is -2.13. The number of alkyl carbamates (subject to hydrolysis) is 1. The third kappa shape index (κ3) is 24.6. The Hall–Kier alpha value is -3.16. The van der Waals surface area contributed by atoms with Crippen molar-refractivity contribution in [3.63, 3.8) is 0 Å². The highest BCUT2D eigenvalue weighted by Crippen LogP contribution is 2.16. The molecule has 2 N–H and O–H groups in total. The van der Waals surface area contributed by atoms with Crippen molar-refractivity contribution in [2.24, 2.45) is 0 Å². The highest BCUT2D eigenvalue weighted by atomic mass is 79.9. The molecule has 1 aromatic rings. The fourth-order valence-electron chi connectivity index (χ4n) is 4.02. The summed E-state index contributed by atoms with van der Waals surface area (Å²) in [6.45, 7) is 7.37. The minimum atomic E-state index is -0.466. The summed E-state index contributed by atoms with van der Waals surface area (Å²) in [4.78, 5) is 47.4. The Kier molecular flexibility index (Phi) is 26.3. The maximum atomic E-state index is 11.8. The van der Waals surface area contributed by atoms with Gasteiger partial charge in [0.15, 0.2) is 0 Å². The molecule has 0 radical (unpaired) electrons. The van der Waals surface area contributed by atoms with Gasteiger partial charge in [-0.2, -0.15) is 0 Å². The van der Waals surface area contributed by atoms with Crippen LogP contribution in [0.5, 0.6) is 5.75 Å². The number of imide groups is 1. The Balaban J connectivity index is 1.18. The normalized spacial score (nSPS) is 12.5. The predicted molar refractivity (Wildman–Crippen MR) is 187 cm³/mol. The number of nitrogens with one attached hydrogen (secondary N) is 2. The quantitative estimate of drug-likeness (QED) is 0.0780. The van der Waals surface area contributed by atoms with Gasteiger partial charge in [-0.1, -0.05) is 15.9 Å². The number of nitrogens with zero attached hydrogens (tertiary/aromatic N) is 1. The molecule has 0 unspecified atom stereocenters. The molecular weight excluding hydrogens is 738 g/mol. The van der Waals surface area contributed by atoms with Crippen molar-refractivity contribution in [1.82, 2.24) is 15.5 Å². The molecule has 0 aromatic heterocycles. The fourth-order valence-corrected chi connectivity index (χ4v) is 4.28. The molecule has 0 aliphatic carbocycles. The Morgan fingerprint density at radius 1 is 0.569 bits per heavy atom. The Bertz CT molecular complexity index is 1110. The van der Waals surface area contributed by atoms with E-state index in [1.54, 1.807) is 0 Å². The minimum Gasteiger partial charge on any atom is -0.494 e. The van der Waals surface area contributed by atoms with E-state index in [1.807, 2.05) is 24.3 Å². The molecule has 1 aliphatic rings. The van der Waals surface area contributed by atoms with Crippen molar-refractivity contribution in [1.29, 1.82) is 0 Å². The molecule has 0 atom stereocenters. The second-order valence-electron chi connectivity index (χ2n) is 10.6. The number of unbranched alkanes of at least 4 members (excludes halogenated alkanes) is 1. The molecule has 0 fully saturated rings. The van der Waals surface area contributed by atoms with E-state index in [2.05, 4.69) is 26.6 Å². The van der Waals surface area contributed by atoms with Crippen molar-refractivity contribution in [3.8, 4) is 5.75 Å². The first kappa shape index (κ1) is 44.0. The van der Waals surface area contributed by atoms with Crippen molar-refractivity contribution in [2.75, 3.05) is 125 Å². The second-order valence-corrected chi connectivity index (χ2v) is 11.5. The van der Waals surface area contributed by atoms with E-state index in [4.69, 9.17) is 42.6 Å². The lowest BCUT2D eigenvalue weighted by molar-refractivity contribution is -0.137. The zero-order valence-corrected chi connectivity index (χ0v) is 30.7. The van der Waals surface area contributed by atoms with Crippen LogP contribution in [0.1, 0.15) is 19.3 Å². The lowest BCUT2D eigenvalue weighted by Crippen LogP contribution is -2.35. The van der Waals surface area contributed by atoms with Crippen molar-refractivity contribution in [2.45, 2.75) is 19.3 Å². The van der Waals surface area contributed by atoms with Crippen LogP contribution < -0.4 is 15.4 Å². The molecule has 51 heavy (non-hydrogen) atoms. The van der Waals surface area contributed by atoms with Crippen LogP contribution in [-0.2, 0) is 52.3 Å². The summed E-state index contributed by atoms with van der Waals surface area (Å²) in [5.74, 6) is -0.243. The third-order valence-electron chi connectivity index (χ3n) is 6.65. The van der Waals surface area contributed by atoms with Crippen LogP contribution in [0, 0.1) is 0 Å². The molecule has 0 saturated heterocycles. The lowest BCUT2D eigenvalue weighted by atomic mass is 10.3. The van der Waals surface area contributed by atoms with E-state index >= 15 is 0 Å². The summed E-state index contributed by atoms with van der Waals surface area (Å²) in [6.07, 6.45) is 3.57. The topological polar surface area (TPSA) is 179 Å². The standard InChI is InChI=1S/C34H52BrN3O13/c35-29-3-5-30(6-4-29)50-13-2-1-10-37-34(42)51-28-27-49-26-25-48-24-23-47-22-21-46-20-19-45-18-17-44-16-15-43-14-11-36-31(39)9-12-38-32(40)7-8-33(38)41/h3-8H,1-2,9-28H2,(H,36,39)(H,37,42). The molecular formula is C34H52BrN3O13. The van der Waals surface area contributed by atoms with E-state index in [9.17, 15) is 19.2 Å². The van der Waals surface area contributed by atoms with Gasteiger partial charge in [0.2, 0.25) is 5.91 Å². The molecule has 1 heterocycles. The molecule has 2 rings (SSSR count). The van der Waals surface area contributed by atoms with Crippen LogP contribution in [0.4, 0.5) is 4.79 Å². The summed E-state index contributed by atoms with van der Waals surface area (Å²) in [7, 11) is 0. The monoisotopic (exact) mass is 789 g/mol. The summed E-state index contributed by atoms with van der Waals surface area (Å²) < 4.78 is 49.7. The molecule has 288 valence electrons. The number of hydrogen-bond donors (Lipinski definition) is 2. The van der Waals surface area contributed by atoms with E-state index in [1.165, 1.54) is 12.2 Å². The van der Waals surface area contributed by atoms with Crippen molar-refractivity contribution >= 4 is 39.7 Å². The van der Waals surface area contributed by atoms with Crippen molar-refractivity contribution in [3.05, 3.63) is 40.9 Å². The van der Waals surface area contributed by atoms with Gasteiger partial charge in [-0.15, -0.1) is 0 Å². The summed E-state index contributed by atoms with van der Waals surface area (Å²) in [5, 5.41) is 5.38. The van der Waals surface area contributed by atoms with E-state index < -0.39 is 17.9 Å². The van der Waals surface area contributed by atoms with Gasteiger partial charge in [0.05, 0.1) is 99.1 Å². The first-order valence-corrected chi connectivity index (χ1v) is 17.9. The average molecular weight is 791 g/mol. The highest BCUT2D eigenvalue weighted by Gasteiger charge is 2.23. The minimum absolute atomic E-state index is 0.0475. The van der Waals surface area contributed by atoms with Gasteiger partial charge in [-0.3, -0.25) is 19.3 Å². The molecule has 0 spiro atoms. The number of rotatable bonds is 33. The SMILES string of the molecule is O=C(CCN1C(=O)C=CC1=O)NCCOCCOCCOCCOCCOCCOCCOCCOC(=O)NCCCCOc1ccc(Br)cc1. The zero-order chi connectivity index (χ0) is 36.6. The van der Waals surface area contributed by atoms with Gasteiger partial charge >= 0.3 is 6.09 Å². The largest absolute Gasteiger partial charge is 0.494 e. The zero-order valence-electron chi connectivity index (χ0n) is 29.2. The van der Waals surface area contributed by atoms with E-state index in [-0.39, 0.29) is 25.5 Å². The van der Waals surface area contributed by atoms with Gasteiger partial charge in [0.1, 0.15) is 12.4 Å². The molecule has 17 heteroatoms. The Labute approximate surface area is 307 Å². The first-order chi connectivity index (χ1) is 25.0. The van der Waals surface area contributed by atoms with E-state index in [0.29, 0.717) is 112 Å². The molecule has 0 saturated carbocycles. The number of benzene rings is 1. The Morgan fingerprint density at radius 3 is 1.55 bits per heavy atom. The van der Waals surface area contributed by atoms with E-state index in [0.717, 1.165) is 28.0 Å². The number of carbonyl (C=O) groups excluding carboxylic acids is 4.